The molecule has 1 fully saturated rings. The first-order chi connectivity index (χ1) is 9.63. The molecule has 5 heteroatoms. The summed E-state index contributed by atoms with van der Waals surface area (Å²) in [6.45, 7) is 3.05. The Hall–Kier alpha value is -1.43. The molecule has 0 radical (unpaired) electrons. The van der Waals surface area contributed by atoms with Crippen molar-refractivity contribution in [3.63, 3.8) is 0 Å². The minimum atomic E-state index is 0.0216. The van der Waals surface area contributed by atoms with Crippen LogP contribution in [-0.4, -0.2) is 50.7 Å². The molecule has 0 bridgehead atoms. The van der Waals surface area contributed by atoms with E-state index < -0.39 is 0 Å². The lowest BCUT2D eigenvalue weighted by molar-refractivity contribution is -0.117. The minimum Gasteiger partial charge on any atom is -0.378 e. The van der Waals surface area contributed by atoms with Gasteiger partial charge in [-0.3, -0.25) is 4.79 Å². The van der Waals surface area contributed by atoms with Crippen molar-refractivity contribution < 1.29 is 9.53 Å². The Bertz CT molecular complexity index is 425. The maximum Gasteiger partial charge on any atom is 0.226 e. The van der Waals surface area contributed by atoms with Crippen molar-refractivity contribution in [1.29, 1.82) is 0 Å². The summed E-state index contributed by atoms with van der Waals surface area (Å²) in [6.07, 6.45) is 0.444. The number of morpholine rings is 1. The fraction of sp³-hybridized carbons (Fsp3) is 0.533. The van der Waals surface area contributed by atoms with Crippen LogP contribution < -0.4 is 10.6 Å². The van der Waals surface area contributed by atoms with Crippen molar-refractivity contribution in [3.05, 3.63) is 29.8 Å². The van der Waals surface area contributed by atoms with Crippen LogP contribution >= 0.6 is 0 Å². The summed E-state index contributed by atoms with van der Waals surface area (Å²) in [4.78, 5) is 14.0. The van der Waals surface area contributed by atoms with Gasteiger partial charge in [-0.05, 0) is 31.8 Å². The summed E-state index contributed by atoms with van der Waals surface area (Å²) in [7, 11) is 4.07. The van der Waals surface area contributed by atoms with Gasteiger partial charge < -0.3 is 20.3 Å². The molecule has 5 nitrogen and oxygen atoms in total. The first-order valence-corrected chi connectivity index (χ1v) is 6.98. The summed E-state index contributed by atoms with van der Waals surface area (Å²) < 4.78 is 5.34. The minimum absolute atomic E-state index is 0.0216. The second-order valence-corrected chi connectivity index (χ2v) is 5.41. The van der Waals surface area contributed by atoms with Crippen molar-refractivity contribution in [2.24, 2.45) is 0 Å². The second kappa shape index (κ2) is 7.38. The van der Waals surface area contributed by atoms with Crippen LogP contribution in [0.4, 0.5) is 5.69 Å². The SMILES string of the molecule is CN(C)Cc1ccc(NC(=O)CC2COCCN2)cc1. The number of nitrogens with one attached hydrogen (secondary N) is 2. The van der Waals surface area contributed by atoms with E-state index in [2.05, 4.69) is 15.5 Å². The summed E-state index contributed by atoms with van der Waals surface area (Å²) in [5.74, 6) is 0.0216. The molecule has 1 amide bonds. The smallest absolute Gasteiger partial charge is 0.226 e. The molecular formula is C15H23N3O2. The maximum atomic E-state index is 11.9. The van der Waals surface area contributed by atoms with Crippen molar-refractivity contribution in [3.8, 4) is 0 Å². The van der Waals surface area contributed by atoms with Crippen molar-refractivity contribution >= 4 is 11.6 Å². The van der Waals surface area contributed by atoms with Gasteiger partial charge in [-0.15, -0.1) is 0 Å². The third kappa shape index (κ3) is 4.92. The molecule has 0 spiro atoms. The van der Waals surface area contributed by atoms with E-state index in [0.29, 0.717) is 13.0 Å². The highest BCUT2D eigenvalue weighted by atomic mass is 16.5. The Morgan fingerprint density at radius 2 is 2.15 bits per heavy atom. The van der Waals surface area contributed by atoms with Gasteiger partial charge in [0.15, 0.2) is 0 Å². The van der Waals surface area contributed by atoms with E-state index in [1.807, 2.05) is 38.4 Å². The van der Waals surface area contributed by atoms with Crippen LogP contribution in [0.5, 0.6) is 0 Å². The van der Waals surface area contributed by atoms with E-state index in [4.69, 9.17) is 4.74 Å². The molecule has 1 unspecified atom stereocenters. The molecule has 1 heterocycles. The normalized spacial score (nSPS) is 19.1. The second-order valence-electron chi connectivity index (χ2n) is 5.41. The fourth-order valence-electron chi connectivity index (χ4n) is 2.25. The number of hydrogen-bond acceptors (Lipinski definition) is 4. The zero-order valence-corrected chi connectivity index (χ0v) is 12.2. The number of anilines is 1. The molecule has 1 aliphatic heterocycles. The number of carbonyl (C=O) groups excluding carboxylic acids is 1. The van der Waals surface area contributed by atoms with E-state index >= 15 is 0 Å². The third-order valence-electron chi connectivity index (χ3n) is 3.17. The van der Waals surface area contributed by atoms with Gasteiger partial charge in [-0.25, -0.2) is 0 Å². The lowest BCUT2D eigenvalue weighted by Crippen LogP contribution is -2.43. The zero-order chi connectivity index (χ0) is 14.4. The van der Waals surface area contributed by atoms with Crippen molar-refractivity contribution in [2.45, 2.75) is 19.0 Å². The number of benzene rings is 1. The van der Waals surface area contributed by atoms with E-state index in [-0.39, 0.29) is 11.9 Å². The van der Waals surface area contributed by atoms with Gasteiger partial charge in [-0.2, -0.15) is 0 Å². The van der Waals surface area contributed by atoms with Gasteiger partial charge in [0.2, 0.25) is 5.91 Å². The Morgan fingerprint density at radius 3 is 2.75 bits per heavy atom. The lowest BCUT2D eigenvalue weighted by Gasteiger charge is -2.23. The number of rotatable bonds is 5. The molecule has 0 aliphatic carbocycles. The summed E-state index contributed by atoms with van der Waals surface area (Å²) in [5.41, 5.74) is 2.07. The number of ether oxygens (including phenoxy) is 1. The van der Waals surface area contributed by atoms with E-state index in [9.17, 15) is 4.79 Å². The van der Waals surface area contributed by atoms with Gasteiger partial charge in [0.25, 0.3) is 0 Å². The molecule has 0 aromatic heterocycles. The standard InChI is InChI=1S/C15H23N3O2/c1-18(2)10-12-3-5-13(6-4-12)17-15(19)9-14-11-20-8-7-16-14/h3-6,14,16H,7-11H2,1-2H3,(H,17,19). The lowest BCUT2D eigenvalue weighted by atomic mass is 10.1. The molecule has 0 saturated carbocycles. The number of nitrogens with zero attached hydrogens (tertiary/aromatic N) is 1. The highest BCUT2D eigenvalue weighted by Crippen LogP contribution is 2.11. The maximum absolute atomic E-state index is 11.9. The predicted octanol–water partition coefficient (Wildman–Crippen LogP) is 1.07. The molecule has 1 aliphatic rings. The molecule has 1 aromatic rings. The zero-order valence-electron chi connectivity index (χ0n) is 12.2. The topological polar surface area (TPSA) is 53.6 Å². The molecule has 1 saturated heterocycles. The van der Waals surface area contributed by atoms with Gasteiger partial charge in [0, 0.05) is 31.2 Å². The molecule has 110 valence electrons. The first-order valence-electron chi connectivity index (χ1n) is 6.98. The number of carbonyl (C=O) groups is 1. The Kier molecular flexibility index (Phi) is 5.52. The molecule has 2 rings (SSSR count). The van der Waals surface area contributed by atoms with Crippen LogP contribution in [0.25, 0.3) is 0 Å². The van der Waals surface area contributed by atoms with Crippen molar-refractivity contribution in [1.82, 2.24) is 10.2 Å². The Balaban J connectivity index is 1.81. The fourth-order valence-corrected chi connectivity index (χ4v) is 2.25. The molecule has 2 N–H and O–H groups in total. The number of amides is 1. The summed E-state index contributed by atoms with van der Waals surface area (Å²) in [5, 5.41) is 6.20. The monoisotopic (exact) mass is 277 g/mol. The van der Waals surface area contributed by atoms with E-state index in [0.717, 1.165) is 25.4 Å². The molecule has 1 atom stereocenters. The van der Waals surface area contributed by atoms with E-state index in [1.54, 1.807) is 0 Å². The van der Waals surface area contributed by atoms with Crippen LogP contribution in [0.1, 0.15) is 12.0 Å². The van der Waals surface area contributed by atoms with Gasteiger partial charge in [-0.1, -0.05) is 12.1 Å². The Labute approximate surface area is 120 Å². The predicted molar refractivity (Wildman–Crippen MR) is 79.7 cm³/mol. The van der Waals surface area contributed by atoms with Crippen LogP contribution in [-0.2, 0) is 16.1 Å². The largest absolute Gasteiger partial charge is 0.378 e. The van der Waals surface area contributed by atoms with Gasteiger partial charge >= 0.3 is 0 Å². The van der Waals surface area contributed by atoms with Gasteiger partial charge in [0.1, 0.15) is 0 Å². The van der Waals surface area contributed by atoms with Crippen LogP contribution in [0, 0.1) is 0 Å². The average molecular weight is 277 g/mol. The number of hydrogen-bond donors (Lipinski definition) is 2. The van der Waals surface area contributed by atoms with Gasteiger partial charge in [0.05, 0.1) is 13.2 Å². The molecule has 20 heavy (non-hydrogen) atoms. The highest BCUT2D eigenvalue weighted by Gasteiger charge is 2.16. The Morgan fingerprint density at radius 1 is 1.40 bits per heavy atom. The van der Waals surface area contributed by atoms with Crippen LogP contribution in [0.2, 0.25) is 0 Å². The van der Waals surface area contributed by atoms with Crippen LogP contribution in [0.3, 0.4) is 0 Å². The third-order valence-corrected chi connectivity index (χ3v) is 3.17. The van der Waals surface area contributed by atoms with Crippen LogP contribution in [0.15, 0.2) is 24.3 Å². The first kappa shape index (κ1) is 15.0. The molecular weight excluding hydrogens is 254 g/mol. The summed E-state index contributed by atoms with van der Waals surface area (Å²) in [6, 6.07) is 8.09. The van der Waals surface area contributed by atoms with E-state index in [1.165, 1.54) is 5.56 Å². The average Bonchev–Trinajstić information content (AvgIpc) is 2.41. The van der Waals surface area contributed by atoms with Crippen molar-refractivity contribution in [2.75, 3.05) is 39.2 Å². The molecule has 1 aromatic carbocycles. The summed E-state index contributed by atoms with van der Waals surface area (Å²) >= 11 is 0. The quantitative estimate of drug-likeness (QED) is 0.845. The highest BCUT2D eigenvalue weighted by molar-refractivity contribution is 5.91.